The predicted molar refractivity (Wildman–Crippen MR) is 162 cm³/mol. The molecule has 0 unspecified atom stereocenters. The molecule has 2 aromatic carbocycles. The third-order valence-electron chi connectivity index (χ3n) is 7.52. The normalized spacial score (nSPS) is 18.7. The Labute approximate surface area is 246 Å². The summed E-state index contributed by atoms with van der Waals surface area (Å²) in [5, 5.41) is 1.05. The van der Waals surface area contributed by atoms with Gasteiger partial charge in [-0.05, 0) is 57.7 Å². The van der Waals surface area contributed by atoms with E-state index in [-0.39, 0.29) is 5.41 Å². The van der Waals surface area contributed by atoms with Crippen LogP contribution in [0.5, 0.6) is 0 Å². The van der Waals surface area contributed by atoms with Crippen LogP contribution < -0.4 is 4.90 Å². The lowest BCUT2D eigenvalue weighted by Crippen LogP contribution is -2.45. The smallest absolute Gasteiger partial charge is 0.211 e. The first-order valence-corrected chi connectivity index (χ1v) is 15.6. The predicted octanol–water partition coefficient (Wildman–Crippen LogP) is 7.28. The maximum Gasteiger partial charge on any atom is 0.211 e. The fraction of sp³-hybridized carbons (Fsp3) is 0.345. The lowest BCUT2D eigenvalue weighted by molar-refractivity contribution is 0.328. The highest BCUT2D eigenvalue weighted by molar-refractivity contribution is 7.99. The minimum Gasteiger partial charge on any atom is -0.591 e. The number of nitrogens with zero attached hydrogens (tertiary/aromatic N) is 5. The van der Waals surface area contributed by atoms with Crippen LogP contribution in [-0.4, -0.2) is 42.5 Å². The van der Waals surface area contributed by atoms with Crippen molar-refractivity contribution in [1.82, 2.24) is 14.4 Å². The molecule has 1 fully saturated rings. The largest absolute Gasteiger partial charge is 0.591 e. The van der Waals surface area contributed by atoms with Gasteiger partial charge < -0.3 is 9.45 Å². The zero-order valence-electron chi connectivity index (χ0n) is 22.0. The minimum absolute atomic E-state index is 0.117. The monoisotopic (exact) mass is 597 g/mol. The summed E-state index contributed by atoms with van der Waals surface area (Å²) in [4.78, 5) is 13.6. The van der Waals surface area contributed by atoms with Gasteiger partial charge in [-0.25, -0.2) is 9.97 Å². The van der Waals surface area contributed by atoms with Gasteiger partial charge in [0.25, 0.3) is 0 Å². The van der Waals surface area contributed by atoms with Crippen molar-refractivity contribution in [3.8, 4) is 0 Å². The van der Waals surface area contributed by atoms with E-state index in [1.807, 2.05) is 49.7 Å². The van der Waals surface area contributed by atoms with E-state index in [0.717, 1.165) is 65.0 Å². The highest BCUT2D eigenvalue weighted by Gasteiger charge is 2.47. The number of benzene rings is 2. The SMILES string of the molecule is CC(C)(C)[S@@+]([O-])/N=C1\c2ccccc2CC12CCN(c1ncc(Sc3cccc(Cl)c3Cl)c3nccn13)CC2. The topological polar surface area (TPSA) is 68.8 Å². The van der Waals surface area contributed by atoms with E-state index in [2.05, 4.69) is 34.1 Å². The van der Waals surface area contributed by atoms with Crippen LogP contribution >= 0.6 is 35.0 Å². The van der Waals surface area contributed by atoms with Crippen LogP contribution in [0, 0.1) is 5.41 Å². The molecule has 0 N–H and O–H groups in total. The van der Waals surface area contributed by atoms with Crippen LogP contribution in [-0.2, 0) is 17.8 Å². The fourth-order valence-corrected chi connectivity index (χ4v) is 7.56. The Morgan fingerprint density at radius 1 is 1.03 bits per heavy atom. The standard InChI is InChI=1S/C29H29Cl2N5OS2/c1-28(2,3)39(37)34-25-20-8-5-4-7-19(20)17-29(25)11-14-35(15-12-29)27-33-18-23(26-32-13-16-36(26)27)38-22-10-6-9-21(30)24(22)31/h4-10,13,16,18H,11-12,14-15,17H2,1-3H3/b34-25+/t39-/m1/s1. The van der Waals surface area contributed by atoms with Gasteiger partial charge >= 0.3 is 0 Å². The van der Waals surface area contributed by atoms with Crippen molar-refractivity contribution in [2.75, 3.05) is 18.0 Å². The van der Waals surface area contributed by atoms with Gasteiger partial charge in [0, 0.05) is 47.6 Å². The average Bonchev–Trinajstić information content (AvgIpc) is 3.51. The van der Waals surface area contributed by atoms with E-state index in [1.54, 1.807) is 12.3 Å². The maximum atomic E-state index is 13.1. The van der Waals surface area contributed by atoms with Crippen LogP contribution in [0.1, 0.15) is 44.7 Å². The number of aromatic nitrogens is 3. The molecule has 202 valence electrons. The molecule has 1 aliphatic carbocycles. The molecule has 39 heavy (non-hydrogen) atoms. The van der Waals surface area contributed by atoms with Gasteiger partial charge in [0.05, 0.1) is 14.9 Å². The van der Waals surface area contributed by atoms with Gasteiger partial charge in [0.1, 0.15) is 21.8 Å². The number of fused-ring (bicyclic) bond motifs is 2. The molecule has 0 amide bonds. The lowest BCUT2D eigenvalue weighted by Gasteiger charge is -2.40. The maximum absolute atomic E-state index is 13.1. The zero-order chi connectivity index (χ0) is 27.4. The Hall–Kier alpha value is -2.23. The molecule has 2 aromatic heterocycles. The number of anilines is 1. The van der Waals surface area contributed by atoms with Crippen LogP contribution in [0.3, 0.4) is 0 Å². The summed E-state index contributed by atoms with van der Waals surface area (Å²) < 4.78 is 19.7. The molecule has 2 aliphatic rings. The molecule has 0 saturated carbocycles. The van der Waals surface area contributed by atoms with E-state index < -0.39 is 16.1 Å². The number of hydrogen-bond donors (Lipinski definition) is 0. The molecule has 1 spiro atoms. The van der Waals surface area contributed by atoms with Crippen molar-refractivity contribution in [2.24, 2.45) is 9.81 Å². The Morgan fingerprint density at radius 3 is 2.56 bits per heavy atom. The Kier molecular flexibility index (Phi) is 7.13. The first-order valence-electron chi connectivity index (χ1n) is 12.9. The van der Waals surface area contributed by atoms with Gasteiger partial charge in [-0.2, -0.15) is 0 Å². The molecule has 1 atom stereocenters. The molecule has 1 saturated heterocycles. The number of hydrogen-bond acceptors (Lipinski definition) is 6. The second-order valence-electron chi connectivity index (χ2n) is 11.1. The second-order valence-corrected chi connectivity index (χ2v) is 14.9. The first kappa shape index (κ1) is 27.0. The molecule has 4 aromatic rings. The third-order valence-corrected chi connectivity index (χ3v) is 10.9. The Bertz CT molecular complexity index is 1570. The summed E-state index contributed by atoms with van der Waals surface area (Å²) in [7, 11) is 0. The minimum atomic E-state index is -1.31. The third kappa shape index (κ3) is 4.95. The van der Waals surface area contributed by atoms with Crippen molar-refractivity contribution in [1.29, 1.82) is 0 Å². The average molecular weight is 599 g/mol. The Morgan fingerprint density at radius 2 is 1.79 bits per heavy atom. The molecular weight excluding hydrogens is 569 g/mol. The van der Waals surface area contributed by atoms with Gasteiger partial charge in [0.15, 0.2) is 5.65 Å². The molecular formula is C29H29Cl2N5OS2. The molecule has 1 aliphatic heterocycles. The molecule has 0 radical (unpaired) electrons. The van der Waals surface area contributed by atoms with Crippen molar-refractivity contribution >= 4 is 63.6 Å². The van der Waals surface area contributed by atoms with Gasteiger partial charge in [-0.1, -0.05) is 69.7 Å². The van der Waals surface area contributed by atoms with Crippen LogP contribution in [0.15, 0.2) is 75.2 Å². The fourth-order valence-electron chi connectivity index (χ4n) is 5.42. The van der Waals surface area contributed by atoms with Crippen molar-refractivity contribution in [3.05, 3.63) is 82.2 Å². The molecule has 3 heterocycles. The zero-order valence-corrected chi connectivity index (χ0v) is 25.2. The van der Waals surface area contributed by atoms with Crippen LogP contribution in [0.4, 0.5) is 5.95 Å². The number of piperidine rings is 1. The highest BCUT2D eigenvalue weighted by atomic mass is 35.5. The van der Waals surface area contributed by atoms with Gasteiger partial charge in [-0.15, -0.1) is 0 Å². The second kappa shape index (κ2) is 10.3. The van der Waals surface area contributed by atoms with E-state index in [9.17, 15) is 4.55 Å². The number of halogens is 2. The number of imidazole rings is 1. The van der Waals surface area contributed by atoms with E-state index in [0.29, 0.717) is 10.0 Å². The quantitative estimate of drug-likeness (QED) is 0.231. The molecule has 10 heteroatoms. The molecule has 6 nitrogen and oxygen atoms in total. The molecule has 6 rings (SSSR count). The van der Waals surface area contributed by atoms with Gasteiger partial charge in [0.2, 0.25) is 5.95 Å². The van der Waals surface area contributed by atoms with Crippen molar-refractivity contribution < 1.29 is 4.55 Å². The van der Waals surface area contributed by atoms with Crippen LogP contribution in [0.2, 0.25) is 10.0 Å². The lowest BCUT2D eigenvalue weighted by atomic mass is 9.74. The van der Waals surface area contributed by atoms with E-state index in [4.69, 9.17) is 32.6 Å². The Balaban J connectivity index is 1.28. The molecule has 0 bridgehead atoms. The summed E-state index contributed by atoms with van der Waals surface area (Å²) in [5.74, 6) is 0.867. The number of rotatable bonds is 4. The summed E-state index contributed by atoms with van der Waals surface area (Å²) in [6.07, 6.45) is 8.38. The van der Waals surface area contributed by atoms with E-state index >= 15 is 0 Å². The summed E-state index contributed by atoms with van der Waals surface area (Å²) in [6.45, 7) is 7.58. The van der Waals surface area contributed by atoms with Crippen LogP contribution in [0.25, 0.3) is 5.65 Å². The first-order chi connectivity index (χ1) is 18.7. The van der Waals surface area contributed by atoms with Crippen molar-refractivity contribution in [2.45, 2.75) is 54.6 Å². The van der Waals surface area contributed by atoms with Crippen molar-refractivity contribution in [3.63, 3.8) is 0 Å². The summed E-state index contributed by atoms with van der Waals surface area (Å²) in [6, 6.07) is 14.1. The summed E-state index contributed by atoms with van der Waals surface area (Å²) in [5.41, 5.74) is 4.18. The summed E-state index contributed by atoms with van der Waals surface area (Å²) >= 11 is 12.9. The van der Waals surface area contributed by atoms with E-state index in [1.165, 1.54) is 17.3 Å². The highest BCUT2D eigenvalue weighted by Crippen LogP contribution is 2.46. The van der Waals surface area contributed by atoms with Gasteiger partial charge in [-0.3, -0.25) is 4.40 Å².